The summed E-state index contributed by atoms with van der Waals surface area (Å²) in [6, 6.07) is 8.68. The van der Waals surface area contributed by atoms with Crippen LogP contribution in [-0.2, 0) is 0 Å². The number of nitrogens with two attached hydrogens (primary N) is 1. The van der Waals surface area contributed by atoms with Gasteiger partial charge in [0.15, 0.2) is 0 Å². The van der Waals surface area contributed by atoms with Crippen LogP contribution in [0.15, 0.2) is 28.8 Å². The van der Waals surface area contributed by atoms with E-state index in [1.54, 1.807) is 18.2 Å². The van der Waals surface area contributed by atoms with Crippen molar-refractivity contribution in [1.29, 1.82) is 5.26 Å². The Bertz CT molecular complexity index is 1190. The van der Waals surface area contributed by atoms with Crippen LogP contribution >= 0.6 is 34.5 Å². The maximum Gasteiger partial charge on any atom is 0.243 e. The molecule has 0 amide bonds. The van der Waals surface area contributed by atoms with E-state index in [1.165, 1.54) is 23.8 Å². The molecule has 1 aliphatic rings. The number of nitriles is 1. The molecule has 1 saturated heterocycles. The van der Waals surface area contributed by atoms with Gasteiger partial charge in [0.05, 0.1) is 10.7 Å². The highest BCUT2D eigenvalue weighted by Crippen LogP contribution is 2.40. The van der Waals surface area contributed by atoms with Crippen LogP contribution in [0.1, 0.15) is 47.2 Å². The number of thiophene rings is 1. The fourth-order valence-electron chi connectivity index (χ4n) is 3.80. The standard InChI is InChI=1S/C22H21Cl2N5O2S/c1-2-29(28-8-4-3-5-9-28)22-15(12-25)19(26)21(32-22)20(30)18-11-17(27-31-18)14-7-6-13(23)10-16(14)24/h6-7,10-11H,2-5,8-9,26H2,1H3. The first-order valence-electron chi connectivity index (χ1n) is 10.3. The number of aromatic nitrogens is 1. The van der Waals surface area contributed by atoms with E-state index in [4.69, 9.17) is 33.5 Å². The number of halogens is 2. The lowest BCUT2D eigenvalue weighted by Crippen LogP contribution is -2.45. The second kappa shape index (κ2) is 9.51. The second-order valence-corrected chi connectivity index (χ2v) is 9.24. The Hall–Kier alpha value is -2.57. The third-order valence-corrected chi connectivity index (χ3v) is 7.16. The lowest BCUT2D eigenvalue weighted by atomic mass is 10.1. The van der Waals surface area contributed by atoms with Crippen molar-refractivity contribution in [3.05, 3.63) is 50.5 Å². The van der Waals surface area contributed by atoms with Gasteiger partial charge in [0.1, 0.15) is 27.2 Å². The van der Waals surface area contributed by atoms with Crippen molar-refractivity contribution in [2.75, 3.05) is 30.4 Å². The molecule has 0 aliphatic carbocycles. The van der Waals surface area contributed by atoms with Gasteiger partial charge >= 0.3 is 0 Å². The zero-order chi connectivity index (χ0) is 22.8. The molecule has 0 saturated carbocycles. The molecular weight excluding hydrogens is 469 g/mol. The van der Waals surface area contributed by atoms with Crippen molar-refractivity contribution in [3.8, 4) is 17.3 Å². The van der Waals surface area contributed by atoms with Gasteiger partial charge in [-0.3, -0.25) is 9.80 Å². The van der Waals surface area contributed by atoms with E-state index in [0.29, 0.717) is 38.4 Å². The smallest absolute Gasteiger partial charge is 0.243 e. The fourth-order valence-corrected chi connectivity index (χ4v) is 5.51. The van der Waals surface area contributed by atoms with Crippen LogP contribution < -0.4 is 10.7 Å². The van der Waals surface area contributed by atoms with E-state index < -0.39 is 5.78 Å². The van der Waals surface area contributed by atoms with Crippen LogP contribution in [0.5, 0.6) is 0 Å². The Morgan fingerprint density at radius 2 is 2.06 bits per heavy atom. The predicted molar refractivity (Wildman–Crippen MR) is 127 cm³/mol. The first-order chi connectivity index (χ1) is 15.4. The van der Waals surface area contributed by atoms with E-state index in [-0.39, 0.29) is 16.3 Å². The lowest BCUT2D eigenvalue weighted by Gasteiger charge is -2.37. The summed E-state index contributed by atoms with van der Waals surface area (Å²) in [6.07, 6.45) is 3.39. The maximum absolute atomic E-state index is 13.2. The molecule has 7 nitrogen and oxygen atoms in total. The summed E-state index contributed by atoms with van der Waals surface area (Å²) >= 11 is 13.4. The molecule has 1 aliphatic heterocycles. The zero-order valence-electron chi connectivity index (χ0n) is 17.4. The number of nitrogen functional groups attached to an aromatic ring is 1. The molecule has 166 valence electrons. The number of piperidine rings is 1. The van der Waals surface area contributed by atoms with Crippen molar-refractivity contribution in [1.82, 2.24) is 10.2 Å². The monoisotopic (exact) mass is 489 g/mol. The van der Waals surface area contributed by atoms with E-state index in [1.807, 2.05) is 6.92 Å². The average molecular weight is 490 g/mol. The van der Waals surface area contributed by atoms with Crippen LogP contribution in [0.25, 0.3) is 11.3 Å². The normalized spacial score (nSPS) is 14.3. The number of carbonyl (C=O) groups is 1. The summed E-state index contributed by atoms with van der Waals surface area (Å²) in [7, 11) is 0. The minimum atomic E-state index is -0.422. The molecule has 0 unspecified atom stereocenters. The molecule has 1 fully saturated rings. The average Bonchev–Trinajstić information content (AvgIpc) is 3.40. The molecular formula is C22H21Cl2N5O2S. The largest absolute Gasteiger partial charge is 0.396 e. The number of rotatable bonds is 6. The summed E-state index contributed by atoms with van der Waals surface area (Å²) in [5, 5.41) is 19.6. The molecule has 10 heteroatoms. The third-order valence-electron chi connectivity index (χ3n) is 5.39. The predicted octanol–water partition coefficient (Wildman–Crippen LogP) is 5.62. The summed E-state index contributed by atoms with van der Waals surface area (Å²) in [6.45, 7) is 4.51. The van der Waals surface area contributed by atoms with E-state index in [0.717, 1.165) is 25.9 Å². The minimum absolute atomic E-state index is 0.0241. The third kappa shape index (κ3) is 4.21. The SMILES string of the molecule is CCN(c1sc(C(=O)c2cc(-c3ccc(Cl)cc3Cl)no2)c(N)c1C#N)N1CCCCC1. The summed E-state index contributed by atoms with van der Waals surface area (Å²) in [5.74, 6) is -0.398. The molecule has 32 heavy (non-hydrogen) atoms. The Kier molecular flexibility index (Phi) is 6.72. The van der Waals surface area contributed by atoms with Gasteiger partial charge in [0, 0.05) is 36.3 Å². The van der Waals surface area contributed by atoms with Gasteiger partial charge < -0.3 is 10.3 Å². The molecule has 3 heterocycles. The Morgan fingerprint density at radius 3 is 2.72 bits per heavy atom. The first-order valence-corrected chi connectivity index (χ1v) is 11.8. The van der Waals surface area contributed by atoms with Crippen molar-refractivity contribution >= 4 is 51.0 Å². The second-order valence-electron chi connectivity index (χ2n) is 7.40. The molecule has 2 aromatic heterocycles. The maximum atomic E-state index is 13.2. The highest BCUT2D eigenvalue weighted by molar-refractivity contribution is 7.19. The number of hydrogen-bond donors (Lipinski definition) is 1. The minimum Gasteiger partial charge on any atom is -0.396 e. The van der Waals surface area contributed by atoms with Crippen LogP contribution in [0, 0.1) is 11.3 Å². The Balaban J connectivity index is 1.68. The number of ketones is 1. The number of anilines is 2. The lowest BCUT2D eigenvalue weighted by molar-refractivity contribution is 0.100. The number of hydrogen-bond acceptors (Lipinski definition) is 8. The number of carbonyl (C=O) groups excluding carboxylic acids is 1. The van der Waals surface area contributed by atoms with E-state index in [9.17, 15) is 10.1 Å². The van der Waals surface area contributed by atoms with Crippen molar-refractivity contribution < 1.29 is 9.32 Å². The summed E-state index contributed by atoms with van der Waals surface area (Å²) in [4.78, 5) is 13.5. The summed E-state index contributed by atoms with van der Waals surface area (Å²) < 4.78 is 5.31. The van der Waals surface area contributed by atoms with Crippen LogP contribution in [-0.4, -0.2) is 35.6 Å². The fraction of sp³-hybridized carbons (Fsp3) is 0.318. The molecule has 2 N–H and O–H groups in total. The molecule has 0 spiro atoms. The van der Waals surface area contributed by atoms with Crippen molar-refractivity contribution in [2.24, 2.45) is 0 Å². The molecule has 3 aromatic rings. The van der Waals surface area contributed by atoms with Crippen LogP contribution in [0.4, 0.5) is 10.7 Å². The zero-order valence-corrected chi connectivity index (χ0v) is 19.7. The topological polar surface area (TPSA) is 99.4 Å². The van der Waals surface area contributed by atoms with E-state index in [2.05, 4.69) is 21.2 Å². The number of benzene rings is 1. The highest BCUT2D eigenvalue weighted by atomic mass is 35.5. The number of hydrazine groups is 1. The van der Waals surface area contributed by atoms with Crippen LogP contribution in [0.2, 0.25) is 10.0 Å². The Labute approximate surface area is 199 Å². The van der Waals surface area contributed by atoms with Crippen molar-refractivity contribution in [3.63, 3.8) is 0 Å². The van der Waals surface area contributed by atoms with Gasteiger partial charge in [-0.05, 0) is 38.0 Å². The van der Waals surface area contributed by atoms with Gasteiger partial charge in [-0.25, -0.2) is 5.01 Å². The Morgan fingerprint density at radius 1 is 1.31 bits per heavy atom. The molecule has 0 bridgehead atoms. The van der Waals surface area contributed by atoms with E-state index >= 15 is 0 Å². The molecule has 4 rings (SSSR count). The number of nitrogens with zero attached hydrogens (tertiary/aromatic N) is 4. The quantitative estimate of drug-likeness (QED) is 0.448. The van der Waals surface area contributed by atoms with Crippen LogP contribution in [0.3, 0.4) is 0 Å². The molecule has 1 aromatic carbocycles. The molecule has 0 atom stereocenters. The van der Waals surface area contributed by atoms with Gasteiger partial charge in [-0.1, -0.05) is 34.8 Å². The first kappa shape index (κ1) is 22.6. The van der Waals surface area contributed by atoms with Gasteiger partial charge in [-0.2, -0.15) is 5.26 Å². The molecule has 0 radical (unpaired) electrons. The van der Waals surface area contributed by atoms with Crippen molar-refractivity contribution in [2.45, 2.75) is 26.2 Å². The van der Waals surface area contributed by atoms with Gasteiger partial charge in [0.2, 0.25) is 11.5 Å². The van der Waals surface area contributed by atoms with Gasteiger partial charge in [0.25, 0.3) is 0 Å². The van der Waals surface area contributed by atoms with Gasteiger partial charge in [-0.15, -0.1) is 11.3 Å². The highest BCUT2D eigenvalue weighted by Gasteiger charge is 2.29. The summed E-state index contributed by atoms with van der Waals surface area (Å²) in [5.41, 5.74) is 7.74.